The summed E-state index contributed by atoms with van der Waals surface area (Å²) in [4.78, 5) is 0. The summed E-state index contributed by atoms with van der Waals surface area (Å²) in [6.07, 6.45) is 5.88. The molecule has 1 aliphatic carbocycles. The van der Waals surface area contributed by atoms with Crippen molar-refractivity contribution in [2.45, 2.75) is 19.4 Å². The van der Waals surface area contributed by atoms with Crippen LogP contribution < -0.4 is 4.74 Å². The number of aryl methyl sites for hydroxylation is 1. The number of aromatic hydroxyl groups is 3. The van der Waals surface area contributed by atoms with Crippen LogP contribution in [-0.4, -0.2) is 27.5 Å². The van der Waals surface area contributed by atoms with Gasteiger partial charge < -0.3 is 25.2 Å². The molecule has 40 heavy (non-hydrogen) atoms. The van der Waals surface area contributed by atoms with Crippen molar-refractivity contribution in [3.63, 3.8) is 0 Å². The van der Waals surface area contributed by atoms with Gasteiger partial charge in [-0.3, -0.25) is 0 Å². The van der Waals surface area contributed by atoms with Gasteiger partial charge in [-0.2, -0.15) is 0 Å². The predicted octanol–water partition coefficient (Wildman–Crippen LogP) is 6.68. The van der Waals surface area contributed by atoms with Crippen LogP contribution in [0.4, 0.5) is 0 Å². The third-order valence-corrected chi connectivity index (χ3v) is 7.23. The summed E-state index contributed by atoms with van der Waals surface area (Å²) in [5.41, 5.74) is 6.93. The molecule has 4 aromatic rings. The SMILES string of the molecule is COc1cc(C(c2cc(-c3ccc(O)cc3)ccc2CO)C2C#CC=CC(c3ccc(O)cc3)=C2)cc(C)c1O. The number of benzene rings is 4. The lowest BCUT2D eigenvalue weighted by atomic mass is 9.77. The normalized spacial score (nSPS) is 15.0. The second-order valence-electron chi connectivity index (χ2n) is 9.80. The highest BCUT2D eigenvalue weighted by molar-refractivity contribution is 5.76. The topological polar surface area (TPSA) is 90.2 Å². The summed E-state index contributed by atoms with van der Waals surface area (Å²) < 4.78 is 5.52. The van der Waals surface area contributed by atoms with Gasteiger partial charge in [-0.05, 0) is 93.9 Å². The fourth-order valence-electron chi connectivity index (χ4n) is 5.14. The van der Waals surface area contributed by atoms with Gasteiger partial charge in [-0.25, -0.2) is 0 Å². The highest BCUT2D eigenvalue weighted by Gasteiger charge is 2.28. The van der Waals surface area contributed by atoms with Gasteiger partial charge in [0.2, 0.25) is 0 Å². The van der Waals surface area contributed by atoms with Gasteiger partial charge in [-0.1, -0.05) is 66.4 Å². The Morgan fingerprint density at radius 1 is 0.825 bits per heavy atom. The number of rotatable bonds is 7. The summed E-state index contributed by atoms with van der Waals surface area (Å²) in [5.74, 6) is 6.76. The van der Waals surface area contributed by atoms with Gasteiger partial charge in [0.1, 0.15) is 11.5 Å². The Morgan fingerprint density at radius 3 is 2.12 bits per heavy atom. The molecule has 4 N–H and O–H groups in total. The Labute approximate surface area is 234 Å². The van der Waals surface area contributed by atoms with Crippen LogP contribution in [0.25, 0.3) is 16.7 Å². The van der Waals surface area contributed by atoms with E-state index in [-0.39, 0.29) is 35.7 Å². The van der Waals surface area contributed by atoms with Gasteiger partial charge in [0.25, 0.3) is 0 Å². The maximum atomic E-state index is 10.6. The number of ether oxygens (including phenoxy) is 1. The Morgan fingerprint density at radius 2 is 1.48 bits per heavy atom. The molecule has 1 aliphatic rings. The third-order valence-electron chi connectivity index (χ3n) is 7.23. The quantitative estimate of drug-likeness (QED) is 0.200. The molecule has 5 heteroatoms. The van der Waals surface area contributed by atoms with E-state index < -0.39 is 0 Å². The van der Waals surface area contributed by atoms with Crippen LogP contribution in [0.5, 0.6) is 23.0 Å². The van der Waals surface area contributed by atoms with Crippen LogP contribution in [-0.2, 0) is 6.61 Å². The minimum atomic E-state index is -0.327. The second kappa shape index (κ2) is 11.4. The van der Waals surface area contributed by atoms with Gasteiger partial charge in [0.05, 0.1) is 19.6 Å². The van der Waals surface area contributed by atoms with Gasteiger partial charge in [0, 0.05) is 5.92 Å². The smallest absolute Gasteiger partial charge is 0.161 e. The zero-order chi connectivity index (χ0) is 28.2. The van der Waals surface area contributed by atoms with Gasteiger partial charge >= 0.3 is 0 Å². The lowest BCUT2D eigenvalue weighted by molar-refractivity contribution is 0.280. The second-order valence-corrected chi connectivity index (χ2v) is 9.80. The number of phenolic OH excluding ortho intramolecular Hbond substituents is 3. The summed E-state index contributed by atoms with van der Waals surface area (Å²) in [5, 5.41) is 40.6. The van der Waals surface area contributed by atoms with E-state index in [9.17, 15) is 20.4 Å². The first-order valence-electron chi connectivity index (χ1n) is 13.0. The lowest BCUT2D eigenvalue weighted by Gasteiger charge is -2.27. The molecular weight excluding hydrogens is 500 g/mol. The average Bonchev–Trinajstić information content (AvgIpc) is 3.22. The molecular formula is C35H30O5. The first-order chi connectivity index (χ1) is 19.4. The first kappa shape index (κ1) is 26.7. The molecule has 0 saturated carbocycles. The van der Waals surface area contributed by atoms with Crippen LogP contribution >= 0.6 is 0 Å². The highest BCUT2D eigenvalue weighted by atomic mass is 16.5. The molecule has 5 rings (SSSR count). The Kier molecular flexibility index (Phi) is 7.63. The van der Waals surface area contributed by atoms with Crippen molar-refractivity contribution in [3.8, 4) is 46.0 Å². The molecule has 0 fully saturated rings. The van der Waals surface area contributed by atoms with E-state index in [4.69, 9.17) is 4.74 Å². The number of hydrogen-bond acceptors (Lipinski definition) is 5. The summed E-state index contributed by atoms with van der Waals surface area (Å²) >= 11 is 0. The van der Waals surface area contributed by atoms with Crippen molar-refractivity contribution in [2.24, 2.45) is 5.92 Å². The lowest BCUT2D eigenvalue weighted by Crippen LogP contribution is -2.15. The van der Waals surface area contributed by atoms with Gasteiger partial charge in [0.15, 0.2) is 11.5 Å². The summed E-state index contributed by atoms with van der Waals surface area (Å²) in [6.45, 7) is 1.67. The Hall–Kier alpha value is -4.92. The number of allylic oxidation sites excluding steroid dienone is 4. The fourth-order valence-corrected chi connectivity index (χ4v) is 5.14. The van der Waals surface area contributed by atoms with Gasteiger partial charge in [-0.15, -0.1) is 0 Å². The molecule has 0 saturated heterocycles. The van der Waals surface area contributed by atoms with Crippen molar-refractivity contribution in [2.75, 3.05) is 7.11 Å². The third kappa shape index (κ3) is 5.44. The van der Waals surface area contributed by atoms with Crippen molar-refractivity contribution in [3.05, 3.63) is 125 Å². The number of methoxy groups -OCH3 is 1. The van der Waals surface area contributed by atoms with E-state index in [1.54, 1.807) is 24.3 Å². The molecule has 0 heterocycles. The van der Waals surface area contributed by atoms with Crippen molar-refractivity contribution in [1.29, 1.82) is 0 Å². The van der Waals surface area contributed by atoms with Crippen LogP contribution in [0.2, 0.25) is 0 Å². The maximum absolute atomic E-state index is 10.6. The molecule has 0 aromatic heterocycles. The van der Waals surface area contributed by atoms with E-state index in [1.165, 1.54) is 7.11 Å². The molecule has 0 spiro atoms. The standard InChI is InChI=1S/C35H30O5/c1-22-17-29(20-33(40-2)35(22)39)34(27-6-4-3-5-25(18-27)23-9-13-30(37)14-10-23)32-19-26(7-8-28(32)21-36)24-11-15-31(38)16-12-24/h3,5,7-20,27,34,36-39H,21H2,1-2H3. The molecule has 2 atom stereocenters. The minimum absolute atomic E-state index is 0.0826. The fraction of sp³-hybridized carbons (Fsp3) is 0.143. The van der Waals surface area contributed by atoms with E-state index in [1.807, 2.05) is 67.6 Å². The van der Waals surface area contributed by atoms with E-state index in [0.29, 0.717) is 11.3 Å². The largest absolute Gasteiger partial charge is 0.508 e. The van der Waals surface area contributed by atoms with E-state index in [2.05, 4.69) is 24.0 Å². The summed E-state index contributed by atoms with van der Waals surface area (Å²) in [6, 6.07) is 23.7. The van der Waals surface area contributed by atoms with Crippen molar-refractivity contribution >= 4 is 5.57 Å². The Bertz CT molecular complexity index is 1650. The zero-order valence-corrected chi connectivity index (χ0v) is 22.3. The molecule has 4 aromatic carbocycles. The molecule has 2 unspecified atom stereocenters. The monoisotopic (exact) mass is 530 g/mol. The van der Waals surface area contributed by atoms with E-state index >= 15 is 0 Å². The average molecular weight is 531 g/mol. The van der Waals surface area contributed by atoms with Crippen LogP contribution in [0.15, 0.2) is 97.1 Å². The zero-order valence-electron chi connectivity index (χ0n) is 22.3. The van der Waals surface area contributed by atoms with Crippen LogP contribution in [0, 0.1) is 24.7 Å². The van der Waals surface area contributed by atoms with E-state index in [0.717, 1.165) is 39.0 Å². The minimum Gasteiger partial charge on any atom is -0.508 e. The Balaban J connectivity index is 1.73. The first-order valence-corrected chi connectivity index (χ1v) is 13.0. The molecule has 0 radical (unpaired) electrons. The number of hydrogen-bond donors (Lipinski definition) is 4. The molecule has 0 bridgehead atoms. The number of aliphatic hydroxyl groups is 1. The summed E-state index contributed by atoms with van der Waals surface area (Å²) in [7, 11) is 1.52. The number of phenols is 3. The highest BCUT2D eigenvalue weighted by Crippen LogP contribution is 2.42. The predicted molar refractivity (Wildman–Crippen MR) is 157 cm³/mol. The molecule has 0 amide bonds. The molecule has 200 valence electrons. The number of aliphatic hydroxyl groups excluding tert-OH is 1. The van der Waals surface area contributed by atoms with Crippen LogP contribution in [0.1, 0.15) is 33.7 Å². The van der Waals surface area contributed by atoms with Crippen molar-refractivity contribution in [1.82, 2.24) is 0 Å². The maximum Gasteiger partial charge on any atom is 0.161 e. The molecule has 0 aliphatic heterocycles. The van der Waals surface area contributed by atoms with Crippen LogP contribution in [0.3, 0.4) is 0 Å². The van der Waals surface area contributed by atoms with Crippen molar-refractivity contribution < 1.29 is 25.2 Å². The molecule has 5 nitrogen and oxygen atoms in total.